The Labute approximate surface area is 106 Å². The van der Waals surface area contributed by atoms with Gasteiger partial charge in [-0.1, -0.05) is 20.8 Å². The number of nitrogen functional groups attached to an aromatic ring is 1. The molecule has 0 saturated carbocycles. The molecule has 2 N–H and O–H groups in total. The molecule has 2 heterocycles. The Bertz CT molecular complexity index is 387. The molecule has 2 atom stereocenters. The molecule has 0 radical (unpaired) electrons. The first kappa shape index (κ1) is 12.4. The van der Waals surface area contributed by atoms with Crippen molar-refractivity contribution in [2.75, 3.05) is 23.7 Å². The Kier molecular flexibility index (Phi) is 3.71. The lowest BCUT2D eigenvalue weighted by molar-refractivity contribution is 0.698. The smallest absolute Gasteiger partial charge is 0.230 e. The highest BCUT2D eigenvalue weighted by atomic mass is 32.2. The number of aryl methyl sites for hydroxylation is 1. The monoisotopic (exact) mass is 253 g/mol. The van der Waals surface area contributed by atoms with Gasteiger partial charge in [0.15, 0.2) is 0 Å². The highest BCUT2D eigenvalue weighted by Gasteiger charge is 2.24. The first-order chi connectivity index (χ1) is 8.08. The van der Waals surface area contributed by atoms with Crippen LogP contribution in [-0.4, -0.2) is 38.5 Å². The minimum atomic E-state index is 0.324. The minimum Gasteiger partial charge on any atom is -0.368 e. The van der Waals surface area contributed by atoms with Gasteiger partial charge >= 0.3 is 0 Å². The van der Waals surface area contributed by atoms with Crippen LogP contribution in [0.15, 0.2) is 0 Å². The van der Waals surface area contributed by atoms with Crippen molar-refractivity contribution < 1.29 is 0 Å². The van der Waals surface area contributed by atoms with E-state index in [1.165, 1.54) is 0 Å². The number of nitrogens with zero attached hydrogens (tertiary/aromatic N) is 4. The molecule has 0 aliphatic carbocycles. The van der Waals surface area contributed by atoms with Gasteiger partial charge in [-0.2, -0.15) is 26.7 Å². The number of thioether (sulfide) groups is 1. The number of hydrogen-bond donors (Lipinski definition) is 1. The predicted molar refractivity (Wildman–Crippen MR) is 72.3 cm³/mol. The zero-order valence-electron chi connectivity index (χ0n) is 10.6. The van der Waals surface area contributed by atoms with Crippen LogP contribution in [-0.2, 0) is 6.42 Å². The van der Waals surface area contributed by atoms with Gasteiger partial charge < -0.3 is 10.6 Å². The van der Waals surface area contributed by atoms with E-state index in [1.807, 2.05) is 18.7 Å². The SMILES string of the molecule is CCc1nc(N)nc(N2CC(C)SC(C)C2)n1. The van der Waals surface area contributed by atoms with E-state index in [2.05, 4.69) is 33.7 Å². The second kappa shape index (κ2) is 5.08. The molecule has 0 aromatic carbocycles. The lowest BCUT2D eigenvalue weighted by atomic mass is 10.3. The molecule has 2 unspecified atom stereocenters. The lowest BCUT2D eigenvalue weighted by Crippen LogP contribution is -2.41. The molecule has 0 bridgehead atoms. The Balaban J connectivity index is 2.23. The van der Waals surface area contributed by atoms with Crippen molar-refractivity contribution in [3.8, 4) is 0 Å². The van der Waals surface area contributed by atoms with Crippen LogP contribution in [0.25, 0.3) is 0 Å². The molecule has 6 heteroatoms. The first-order valence-corrected chi connectivity index (χ1v) is 6.93. The normalized spacial score (nSPS) is 25.0. The maximum absolute atomic E-state index is 5.72. The Hall–Kier alpha value is -1.04. The highest BCUT2D eigenvalue weighted by molar-refractivity contribution is 8.00. The van der Waals surface area contributed by atoms with Crippen molar-refractivity contribution in [2.45, 2.75) is 37.7 Å². The van der Waals surface area contributed by atoms with E-state index in [0.29, 0.717) is 16.4 Å². The van der Waals surface area contributed by atoms with Gasteiger partial charge in [0.1, 0.15) is 5.82 Å². The summed E-state index contributed by atoms with van der Waals surface area (Å²) in [6.07, 6.45) is 0.785. The molecule has 1 fully saturated rings. The van der Waals surface area contributed by atoms with Crippen LogP contribution in [0.1, 0.15) is 26.6 Å². The quantitative estimate of drug-likeness (QED) is 0.858. The van der Waals surface area contributed by atoms with Crippen molar-refractivity contribution in [3.63, 3.8) is 0 Å². The standard InChI is InChI=1S/C11H19N5S/c1-4-9-13-10(12)15-11(14-9)16-5-7(2)17-8(3)6-16/h7-8H,4-6H2,1-3H3,(H2,12,13,14,15). The second-order valence-corrected chi connectivity index (χ2v) is 6.31. The lowest BCUT2D eigenvalue weighted by Gasteiger charge is -2.34. The zero-order chi connectivity index (χ0) is 12.4. The summed E-state index contributed by atoms with van der Waals surface area (Å²) in [4.78, 5) is 15.0. The maximum atomic E-state index is 5.72. The summed E-state index contributed by atoms with van der Waals surface area (Å²) in [5.74, 6) is 1.82. The van der Waals surface area contributed by atoms with Gasteiger partial charge in [0.05, 0.1) is 0 Å². The fraction of sp³-hybridized carbons (Fsp3) is 0.727. The van der Waals surface area contributed by atoms with E-state index in [4.69, 9.17) is 5.73 Å². The van der Waals surface area contributed by atoms with E-state index in [0.717, 1.165) is 31.3 Å². The highest BCUT2D eigenvalue weighted by Crippen LogP contribution is 2.26. The van der Waals surface area contributed by atoms with E-state index < -0.39 is 0 Å². The molecule has 2 rings (SSSR count). The van der Waals surface area contributed by atoms with Crippen molar-refractivity contribution in [3.05, 3.63) is 5.82 Å². The largest absolute Gasteiger partial charge is 0.368 e. The molecule has 0 spiro atoms. The van der Waals surface area contributed by atoms with Gasteiger partial charge in [0.25, 0.3) is 0 Å². The second-order valence-electron chi connectivity index (χ2n) is 4.43. The fourth-order valence-electron chi connectivity index (χ4n) is 2.07. The van der Waals surface area contributed by atoms with Gasteiger partial charge in [-0.05, 0) is 0 Å². The van der Waals surface area contributed by atoms with Crippen LogP contribution in [0.4, 0.5) is 11.9 Å². The molecular weight excluding hydrogens is 234 g/mol. The summed E-state index contributed by atoms with van der Waals surface area (Å²) >= 11 is 2.01. The van der Waals surface area contributed by atoms with Crippen LogP contribution >= 0.6 is 11.8 Å². The fourth-order valence-corrected chi connectivity index (χ4v) is 3.39. The van der Waals surface area contributed by atoms with Crippen LogP contribution in [0.2, 0.25) is 0 Å². The first-order valence-electron chi connectivity index (χ1n) is 5.99. The average Bonchev–Trinajstić information content (AvgIpc) is 2.26. The molecule has 5 nitrogen and oxygen atoms in total. The van der Waals surface area contributed by atoms with Gasteiger partial charge in [0, 0.05) is 30.0 Å². The number of aromatic nitrogens is 3. The van der Waals surface area contributed by atoms with Crippen LogP contribution in [0.5, 0.6) is 0 Å². The predicted octanol–water partition coefficient (Wildman–Crippen LogP) is 1.35. The van der Waals surface area contributed by atoms with Crippen LogP contribution < -0.4 is 10.6 Å². The van der Waals surface area contributed by atoms with E-state index in [-0.39, 0.29) is 0 Å². The molecule has 1 saturated heterocycles. The molecular formula is C11H19N5S. The average molecular weight is 253 g/mol. The Morgan fingerprint density at radius 1 is 1.24 bits per heavy atom. The summed E-state index contributed by atoms with van der Waals surface area (Å²) in [6.45, 7) is 8.44. The van der Waals surface area contributed by atoms with Crippen LogP contribution in [0.3, 0.4) is 0 Å². The minimum absolute atomic E-state index is 0.324. The molecule has 1 aliphatic rings. The van der Waals surface area contributed by atoms with Gasteiger partial charge in [-0.15, -0.1) is 0 Å². The van der Waals surface area contributed by atoms with E-state index in [1.54, 1.807) is 0 Å². The molecule has 94 valence electrons. The molecule has 1 aromatic rings. The third-order valence-corrected chi connectivity index (χ3v) is 3.93. The zero-order valence-corrected chi connectivity index (χ0v) is 11.4. The van der Waals surface area contributed by atoms with Crippen LogP contribution in [0, 0.1) is 0 Å². The Morgan fingerprint density at radius 3 is 2.47 bits per heavy atom. The van der Waals surface area contributed by atoms with Crippen molar-refractivity contribution in [1.82, 2.24) is 15.0 Å². The summed E-state index contributed by atoms with van der Waals surface area (Å²) in [6, 6.07) is 0. The molecule has 17 heavy (non-hydrogen) atoms. The Morgan fingerprint density at radius 2 is 1.88 bits per heavy atom. The van der Waals surface area contributed by atoms with Crippen molar-refractivity contribution in [2.24, 2.45) is 0 Å². The number of nitrogens with two attached hydrogens (primary N) is 1. The van der Waals surface area contributed by atoms with Crippen molar-refractivity contribution in [1.29, 1.82) is 0 Å². The van der Waals surface area contributed by atoms with E-state index >= 15 is 0 Å². The van der Waals surface area contributed by atoms with E-state index in [9.17, 15) is 0 Å². The van der Waals surface area contributed by atoms with Crippen molar-refractivity contribution >= 4 is 23.7 Å². The summed E-state index contributed by atoms with van der Waals surface area (Å²) in [5, 5.41) is 1.20. The van der Waals surface area contributed by atoms with Gasteiger partial charge in [-0.3, -0.25) is 0 Å². The summed E-state index contributed by atoms with van der Waals surface area (Å²) in [7, 11) is 0. The maximum Gasteiger partial charge on any atom is 0.230 e. The van der Waals surface area contributed by atoms with Gasteiger partial charge in [-0.25, -0.2) is 0 Å². The number of hydrogen-bond acceptors (Lipinski definition) is 6. The molecule has 0 amide bonds. The summed E-state index contributed by atoms with van der Waals surface area (Å²) in [5.41, 5.74) is 5.72. The van der Waals surface area contributed by atoms with Gasteiger partial charge in [0.2, 0.25) is 11.9 Å². The topological polar surface area (TPSA) is 67.9 Å². The molecule has 1 aliphatic heterocycles. The summed E-state index contributed by atoms with van der Waals surface area (Å²) < 4.78 is 0. The number of anilines is 2. The number of rotatable bonds is 2. The molecule has 1 aromatic heterocycles. The third kappa shape index (κ3) is 3.00. The third-order valence-electron chi connectivity index (χ3n) is 2.71.